The second kappa shape index (κ2) is 8.27. The molecule has 0 amide bonds. The van der Waals surface area contributed by atoms with Crippen molar-refractivity contribution in [2.45, 2.75) is 89.9 Å². The van der Waals surface area contributed by atoms with E-state index in [4.69, 9.17) is 0 Å². The molecule has 3 aliphatic rings. The van der Waals surface area contributed by atoms with Crippen LogP contribution in [0, 0.1) is 5.41 Å². The fourth-order valence-corrected chi connectivity index (χ4v) is 27.0. The van der Waals surface area contributed by atoms with Gasteiger partial charge in [-0.1, -0.05) is 0 Å². The van der Waals surface area contributed by atoms with Crippen molar-refractivity contribution in [1.82, 2.24) is 0 Å². The number of fused-ring (bicyclic) bond motifs is 2. The van der Waals surface area contributed by atoms with E-state index in [0.29, 0.717) is 5.41 Å². The first kappa shape index (κ1) is 25.2. The molecule has 0 heterocycles. The second-order valence-electron chi connectivity index (χ2n) is 13.3. The number of aryl methyl sites for hydroxylation is 1. The molecule has 3 aliphatic carbocycles. The van der Waals surface area contributed by atoms with Crippen LogP contribution in [-0.2, 0) is 42.4 Å². The van der Waals surface area contributed by atoms with Gasteiger partial charge in [0.2, 0.25) is 0 Å². The zero-order valence-electron chi connectivity index (χ0n) is 23.5. The Morgan fingerprint density at radius 3 is 1.97 bits per heavy atom. The summed E-state index contributed by atoms with van der Waals surface area (Å²) >= 11 is -3.20. The van der Waals surface area contributed by atoms with Gasteiger partial charge in [-0.3, -0.25) is 0 Å². The first-order chi connectivity index (χ1) is 16.3. The van der Waals surface area contributed by atoms with Crippen LogP contribution in [0.2, 0.25) is 12.5 Å². The Labute approximate surface area is 218 Å². The van der Waals surface area contributed by atoms with E-state index in [1.807, 2.05) is 0 Å². The molecule has 5 rings (SSSR count). The van der Waals surface area contributed by atoms with E-state index in [0.717, 1.165) is 6.42 Å². The third-order valence-corrected chi connectivity index (χ3v) is 33.1. The molecule has 0 fully saturated rings. The van der Waals surface area contributed by atoms with Gasteiger partial charge in [-0.05, 0) is 0 Å². The van der Waals surface area contributed by atoms with Gasteiger partial charge in [0.1, 0.15) is 0 Å². The van der Waals surface area contributed by atoms with Crippen molar-refractivity contribution in [3.05, 3.63) is 98.7 Å². The standard InChI is InChI=1S/C22H23.C10H15.2CH3.Hf/c1-22(2)14-19-12-18-11-10-17(21(18)13-20(19)15-22)9-8-16-6-4-3-5-7-16;1-6-7(2)9(4)10(5)8(6)3;;;/h3-7,10-13H,8-9,14-15H2,1-2H3;1-5H3;2*1H3;. The van der Waals surface area contributed by atoms with Gasteiger partial charge in [-0.2, -0.15) is 0 Å². The summed E-state index contributed by atoms with van der Waals surface area (Å²) in [5.74, 6) is 0. The Kier molecular flexibility index (Phi) is 5.95. The van der Waals surface area contributed by atoms with Crippen molar-refractivity contribution in [3.8, 4) is 0 Å². The van der Waals surface area contributed by atoms with Crippen molar-refractivity contribution in [1.29, 1.82) is 0 Å². The zero-order valence-corrected chi connectivity index (χ0v) is 27.1. The summed E-state index contributed by atoms with van der Waals surface area (Å²) in [6.07, 6.45) is 10.0. The van der Waals surface area contributed by atoms with E-state index in [2.05, 4.69) is 112 Å². The van der Waals surface area contributed by atoms with Gasteiger partial charge < -0.3 is 0 Å². The van der Waals surface area contributed by atoms with Crippen LogP contribution >= 0.6 is 0 Å². The molecule has 1 atom stereocenters. The molecule has 0 saturated carbocycles. The van der Waals surface area contributed by atoms with Crippen molar-refractivity contribution < 1.29 is 20.0 Å². The minimum absolute atomic E-state index is 0.197. The third kappa shape index (κ3) is 3.54. The SMILES string of the molecule is CC1=C(C)[C](C)([Hf]([CH3])([CH3])[C]2(CCc3ccccc3)C=Cc3cc4c(cc32)CC(C)(C)C4)C(C)=C1C. The van der Waals surface area contributed by atoms with Gasteiger partial charge in [0.25, 0.3) is 0 Å². The maximum absolute atomic E-state index is 3.20. The molecule has 0 spiro atoms. The van der Waals surface area contributed by atoms with Crippen molar-refractivity contribution in [2.75, 3.05) is 0 Å². The summed E-state index contributed by atoms with van der Waals surface area (Å²) in [6, 6.07) is 16.5. The van der Waals surface area contributed by atoms with Gasteiger partial charge in [0, 0.05) is 0 Å². The van der Waals surface area contributed by atoms with Gasteiger partial charge in [0.05, 0.1) is 0 Å². The number of benzene rings is 2. The Balaban J connectivity index is 1.69. The molecule has 1 heteroatoms. The number of rotatable bonds is 5. The summed E-state index contributed by atoms with van der Waals surface area (Å²) in [5, 5.41) is 0. The van der Waals surface area contributed by atoms with Crippen LogP contribution in [0.3, 0.4) is 0 Å². The molecule has 0 nitrogen and oxygen atoms in total. The Morgan fingerprint density at radius 1 is 0.800 bits per heavy atom. The van der Waals surface area contributed by atoms with Crippen molar-refractivity contribution in [2.24, 2.45) is 5.41 Å². The Bertz CT molecular complexity index is 1260. The molecule has 0 aromatic heterocycles. The number of allylic oxidation sites excluding steroid dienone is 5. The Morgan fingerprint density at radius 2 is 1.37 bits per heavy atom. The summed E-state index contributed by atoms with van der Waals surface area (Å²) in [5.41, 5.74) is 14.7. The first-order valence-corrected chi connectivity index (χ1v) is 24.4. The molecule has 0 N–H and O–H groups in total. The molecule has 184 valence electrons. The molecule has 0 aliphatic heterocycles. The summed E-state index contributed by atoms with van der Waals surface area (Å²) in [6.45, 7) is 17.1. The van der Waals surface area contributed by atoms with Gasteiger partial charge in [0.15, 0.2) is 0 Å². The van der Waals surface area contributed by atoms with Crippen molar-refractivity contribution >= 4 is 6.08 Å². The number of hydrogen-bond donors (Lipinski definition) is 0. The summed E-state index contributed by atoms with van der Waals surface area (Å²) in [7, 11) is 0. The van der Waals surface area contributed by atoms with E-state index in [-0.39, 0.29) is 6.34 Å². The van der Waals surface area contributed by atoms with Crippen LogP contribution in [0.25, 0.3) is 6.08 Å². The van der Waals surface area contributed by atoms with Crippen molar-refractivity contribution in [3.63, 3.8) is 0 Å². The van der Waals surface area contributed by atoms with Crippen LogP contribution in [-0.4, -0.2) is 0 Å². The summed E-state index contributed by atoms with van der Waals surface area (Å²) < 4.78 is 6.01. The molecule has 1 unspecified atom stereocenters. The quantitative estimate of drug-likeness (QED) is 0.289. The van der Waals surface area contributed by atoms with Gasteiger partial charge in [-0.25, -0.2) is 0 Å². The van der Waals surface area contributed by atoms with E-state index in [1.54, 1.807) is 39.0 Å². The van der Waals surface area contributed by atoms with Crippen LogP contribution in [0.5, 0.6) is 0 Å². The molecule has 0 bridgehead atoms. The molecular weight excluding hydrogens is 587 g/mol. The molecular formula is C34H44Hf. The average molecular weight is 631 g/mol. The first-order valence-electron chi connectivity index (χ1n) is 13.6. The van der Waals surface area contributed by atoms with Crippen LogP contribution in [0.1, 0.15) is 82.7 Å². The van der Waals surface area contributed by atoms with E-state index >= 15 is 0 Å². The number of hydrogen-bond acceptors (Lipinski definition) is 0. The Hall–Kier alpha value is -1.47. The topological polar surface area (TPSA) is 0 Å². The maximum atomic E-state index is 2.79. The predicted molar refractivity (Wildman–Crippen MR) is 150 cm³/mol. The molecule has 0 radical (unpaired) electrons. The van der Waals surface area contributed by atoms with Gasteiger partial charge in [-0.15, -0.1) is 0 Å². The summed E-state index contributed by atoms with van der Waals surface area (Å²) in [4.78, 5) is 0. The predicted octanol–water partition coefficient (Wildman–Crippen LogP) is 9.78. The average Bonchev–Trinajstić information content (AvgIpc) is 3.38. The van der Waals surface area contributed by atoms with E-state index < -0.39 is 20.0 Å². The normalized spacial score (nSPS) is 24.4. The fourth-order valence-electron chi connectivity index (χ4n) is 8.02. The second-order valence-corrected chi connectivity index (χ2v) is 31.7. The fraction of sp³-hybridized carbons (Fsp3) is 0.471. The van der Waals surface area contributed by atoms with Gasteiger partial charge >= 0.3 is 220 Å². The molecule has 2 aromatic carbocycles. The van der Waals surface area contributed by atoms with Crippen LogP contribution in [0.15, 0.2) is 70.8 Å². The van der Waals surface area contributed by atoms with E-state index in [1.165, 1.54) is 30.4 Å². The zero-order chi connectivity index (χ0) is 25.4. The minimum atomic E-state index is -3.20. The van der Waals surface area contributed by atoms with Crippen LogP contribution < -0.4 is 0 Å². The molecule has 0 saturated heterocycles. The molecule has 2 aromatic rings. The van der Waals surface area contributed by atoms with E-state index in [9.17, 15) is 0 Å². The van der Waals surface area contributed by atoms with Crippen LogP contribution in [0.4, 0.5) is 0 Å². The molecule has 35 heavy (non-hydrogen) atoms. The third-order valence-electron chi connectivity index (χ3n) is 10.9. The monoisotopic (exact) mass is 632 g/mol.